The molecule has 1 amide bonds. The largest absolute Gasteiger partial charge is 0.480 e. The van der Waals surface area contributed by atoms with Crippen LogP contribution in [0.2, 0.25) is 0 Å². The SMILES string of the molecule is Cc1cccnc1C(=O)N1C(C)SCC1C(=O)O. The Morgan fingerprint density at radius 1 is 1.56 bits per heavy atom. The average Bonchev–Trinajstić information content (AvgIpc) is 2.71. The van der Waals surface area contributed by atoms with E-state index in [-0.39, 0.29) is 11.3 Å². The van der Waals surface area contributed by atoms with Gasteiger partial charge < -0.3 is 10.0 Å². The van der Waals surface area contributed by atoms with Crippen LogP contribution in [0.1, 0.15) is 23.0 Å². The third-order valence-electron chi connectivity index (χ3n) is 2.95. The Kier molecular flexibility index (Phi) is 3.56. The van der Waals surface area contributed by atoms with E-state index in [2.05, 4.69) is 4.98 Å². The first-order chi connectivity index (χ1) is 8.52. The van der Waals surface area contributed by atoms with E-state index in [9.17, 15) is 9.59 Å². The highest BCUT2D eigenvalue weighted by atomic mass is 32.2. The van der Waals surface area contributed by atoms with Gasteiger partial charge in [-0.1, -0.05) is 6.07 Å². The van der Waals surface area contributed by atoms with Gasteiger partial charge in [0.2, 0.25) is 0 Å². The van der Waals surface area contributed by atoms with Crippen LogP contribution in [-0.4, -0.2) is 44.0 Å². The molecule has 96 valence electrons. The zero-order valence-corrected chi connectivity index (χ0v) is 11.0. The van der Waals surface area contributed by atoms with Gasteiger partial charge in [0.05, 0.1) is 5.37 Å². The summed E-state index contributed by atoms with van der Waals surface area (Å²) in [7, 11) is 0. The minimum atomic E-state index is -0.964. The Morgan fingerprint density at radius 2 is 2.28 bits per heavy atom. The van der Waals surface area contributed by atoms with Crippen LogP contribution in [-0.2, 0) is 4.79 Å². The van der Waals surface area contributed by atoms with Gasteiger partial charge in [-0.25, -0.2) is 4.79 Å². The summed E-state index contributed by atoms with van der Waals surface area (Å²) in [5.74, 6) is -0.847. The molecular weight excluding hydrogens is 252 g/mol. The molecule has 2 heterocycles. The Hall–Kier alpha value is -1.56. The van der Waals surface area contributed by atoms with E-state index in [1.165, 1.54) is 16.7 Å². The normalized spacial score (nSPS) is 23.1. The monoisotopic (exact) mass is 266 g/mol. The molecule has 2 rings (SSSR count). The van der Waals surface area contributed by atoms with Gasteiger partial charge in [-0.05, 0) is 25.5 Å². The zero-order valence-electron chi connectivity index (χ0n) is 10.2. The molecule has 0 spiro atoms. The molecule has 1 aromatic rings. The molecule has 1 saturated heterocycles. The highest BCUT2D eigenvalue weighted by Gasteiger charge is 2.40. The number of pyridine rings is 1. The molecule has 0 radical (unpaired) electrons. The molecule has 1 N–H and O–H groups in total. The number of carboxylic acids is 1. The molecule has 6 heteroatoms. The Bertz CT molecular complexity index is 492. The first kappa shape index (κ1) is 12.9. The van der Waals surface area contributed by atoms with E-state index in [0.29, 0.717) is 11.4 Å². The molecule has 2 atom stereocenters. The van der Waals surface area contributed by atoms with Crippen molar-refractivity contribution in [1.82, 2.24) is 9.88 Å². The molecule has 5 nitrogen and oxygen atoms in total. The van der Waals surface area contributed by atoms with Crippen LogP contribution in [0.15, 0.2) is 18.3 Å². The lowest BCUT2D eigenvalue weighted by Gasteiger charge is -2.25. The van der Waals surface area contributed by atoms with Crippen molar-refractivity contribution in [1.29, 1.82) is 0 Å². The Balaban J connectivity index is 2.33. The Labute approximate surface area is 109 Å². The molecular formula is C12H14N2O3S. The first-order valence-electron chi connectivity index (χ1n) is 5.61. The minimum Gasteiger partial charge on any atom is -0.480 e. The van der Waals surface area contributed by atoms with E-state index in [4.69, 9.17) is 5.11 Å². The Morgan fingerprint density at radius 3 is 2.89 bits per heavy atom. The topological polar surface area (TPSA) is 70.5 Å². The fourth-order valence-electron chi connectivity index (χ4n) is 1.97. The van der Waals surface area contributed by atoms with Crippen molar-refractivity contribution in [3.05, 3.63) is 29.6 Å². The van der Waals surface area contributed by atoms with Gasteiger partial charge in [0.1, 0.15) is 11.7 Å². The number of carbonyl (C=O) groups is 2. The maximum Gasteiger partial charge on any atom is 0.327 e. The van der Waals surface area contributed by atoms with Gasteiger partial charge in [0.15, 0.2) is 0 Å². The van der Waals surface area contributed by atoms with Crippen LogP contribution in [0.25, 0.3) is 0 Å². The lowest BCUT2D eigenvalue weighted by atomic mass is 10.1. The molecule has 1 aliphatic rings. The van der Waals surface area contributed by atoms with Gasteiger partial charge in [0, 0.05) is 11.9 Å². The lowest BCUT2D eigenvalue weighted by molar-refractivity contribution is -0.141. The van der Waals surface area contributed by atoms with Crippen molar-refractivity contribution < 1.29 is 14.7 Å². The standard InChI is InChI=1S/C12H14N2O3S/c1-7-4-3-5-13-10(7)11(15)14-8(2)18-6-9(14)12(16)17/h3-5,8-9H,6H2,1-2H3,(H,16,17). The molecule has 0 saturated carbocycles. The summed E-state index contributed by atoms with van der Waals surface area (Å²) in [5, 5.41) is 9.00. The third kappa shape index (κ3) is 2.20. The predicted molar refractivity (Wildman–Crippen MR) is 68.5 cm³/mol. The van der Waals surface area contributed by atoms with Gasteiger partial charge in [-0.2, -0.15) is 0 Å². The number of rotatable bonds is 2. The lowest BCUT2D eigenvalue weighted by Crippen LogP contribution is -2.45. The maximum atomic E-state index is 12.4. The molecule has 0 aromatic carbocycles. The predicted octanol–water partition coefficient (Wildman–Crippen LogP) is 1.38. The van der Waals surface area contributed by atoms with E-state index in [0.717, 1.165) is 5.56 Å². The highest BCUT2D eigenvalue weighted by Crippen LogP contribution is 2.30. The molecule has 18 heavy (non-hydrogen) atoms. The number of nitrogens with zero attached hydrogens (tertiary/aromatic N) is 2. The van der Waals surface area contributed by atoms with Crippen LogP contribution in [0, 0.1) is 6.92 Å². The average molecular weight is 266 g/mol. The number of aryl methyl sites for hydroxylation is 1. The highest BCUT2D eigenvalue weighted by molar-refractivity contribution is 8.00. The zero-order chi connectivity index (χ0) is 13.3. The molecule has 1 fully saturated rings. The summed E-state index contributed by atoms with van der Waals surface area (Å²) < 4.78 is 0. The third-order valence-corrected chi connectivity index (χ3v) is 4.17. The van der Waals surface area contributed by atoms with E-state index < -0.39 is 12.0 Å². The maximum absolute atomic E-state index is 12.4. The van der Waals surface area contributed by atoms with Crippen LogP contribution >= 0.6 is 11.8 Å². The van der Waals surface area contributed by atoms with E-state index in [1.54, 1.807) is 25.3 Å². The van der Waals surface area contributed by atoms with Crippen molar-refractivity contribution >= 4 is 23.6 Å². The summed E-state index contributed by atoms with van der Waals surface area (Å²) in [4.78, 5) is 29.0. The van der Waals surface area contributed by atoms with E-state index in [1.807, 2.05) is 6.92 Å². The molecule has 1 aliphatic heterocycles. The van der Waals surface area contributed by atoms with Crippen LogP contribution < -0.4 is 0 Å². The van der Waals surface area contributed by atoms with Crippen LogP contribution in [0.4, 0.5) is 0 Å². The van der Waals surface area contributed by atoms with Crippen molar-refractivity contribution in [3.63, 3.8) is 0 Å². The number of aliphatic carboxylic acids is 1. The van der Waals surface area contributed by atoms with Crippen molar-refractivity contribution in [2.45, 2.75) is 25.3 Å². The summed E-state index contributed by atoms with van der Waals surface area (Å²) in [6, 6.07) is 2.78. The molecule has 0 aliphatic carbocycles. The van der Waals surface area contributed by atoms with Crippen molar-refractivity contribution in [2.75, 3.05) is 5.75 Å². The molecule has 0 bridgehead atoms. The second kappa shape index (κ2) is 4.97. The van der Waals surface area contributed by atoms with Gasteiger partial charge >= 0.3 is 5.97 Å². The number of thioether (sulfide) groups is 1. The molecule has 2 unspecified atom stereocenters. The number of amides is 1. The number of hydrogen-bond donors (Lipinski definition) is 1. The summed E-state index contributed by atoms with van der Waals surface area (Å²) >= 11 is 1.47. The van der Waals surface area contributed by atoms with Gasteiger partial charge in [-0.3, -0.25) is 9.78 Å². The summed E-state index contributed by atoms with van der Waals surface area (Å²) in [6.45, 7) is 3.63. The fourth-order valence-corrected chi connectivity index (χ4v) is 3.14. The summed E-state index contributed by atoms with van der Waals surface area (Å²) in [6.07, 6.45) is 1.55. The number of carboxylic acid groups (broad SMARTS) is 1. The van der Waals surface area contributed by atoms with Gasteiger partial charge in [-0.15, -0.1) is 11.8 Å². The van der Waals surface area contributed by atoms with Crippen LogP contribution in [0.5, 0.6) is 0 Å². The fraction of sp³-hybridized carbons (Fsp3) is 0.417. The number of carbonyl (C=O) groups excluding carboxylic acids is 1. The first-order valence-corrected chi connectivity index (χ1v) is 6.66. The second-order valence-corrected chi connectivity index (χ2v) is 5.52. The molecule has 1 aromatic heterocycles. The van der Waals surface area contributed by atoms with Crippen molar-refractivity contribution in [2.24, 2.45) is 0 Å². The quantitative estimate of drug-likeness (QED) is 0.875. The number of aromatic nitrogens is 1. The van der Waals surface area contributed by atoms with Crippen molar-refractivity contribution in [3.8, 4) is 0 Å². The number of hydrogen-bond acceptors (Lipinski definition) is 4. The summed E-state index contributed by atoms with van der Waals surface area (Å²) in [5.41, 5.74) is 1.09. The van der Waals surface area contributed by atoms with E-state index >= 15 is 0 Å². The van der Waals surface area contributed by atoms with Crippen LogP contribution in [0.3, 0.4) is 0 Å². The minimum absolute atomic E-state index is 0.139. The second-order valence-electron chi connectivity index (χ2n) is 4.17. The smallest absolute Gasteiger partial charge is 0.327 e. The van der Waals surface area contributed by atoms with Gasteiger partial charge in [0.25, 0.3) is 5.91 Å².